The van der Waals surface area contributed by atoms with Crippen molar-refractivity contribution in [3.63, 3.8) is 0 Å². The summed E-state index contributed by atoms with van der Waals surface area (Å²) < 4.78 is 5.54. The molecule has 8 heteroatoms. The molecule has 4 rings (SSSR count). The summed E-state index contributed by atoms with van der Waals surface area (Å²) in [7, 11) is 0. The molecule has 0 aromatic carbocycles. The van der Waals surface area contributed by atoms with Gasteiger partial charge in [0.2, 0.25) is 0 Å². The number of carbonyl (C=O) groups is 1. The highest BCUT2D eigenvalue weighted by atomic mass is 32.2. The van der Waals surface area contributed by atoms with E-state index in [4.69, 9.17) is 9.72 Å². The van der Waals surface area contributed by atoms with Gasteiger partial charge in [0.25, 0.3) is 0 Å². The number of rotatable bonds is 2. The van der Waals surface area contributed by atoms with E-state index < -0.39 is 5.60 Å². The smallest absolute Gasteiger partial charge is 0.410 e. The molecule has 0 N–H and O–H groups in total. The van der Waals surface area contributed by atoms with Crippen LogP contribution in [0.25, 0.3) is 11.0 Å². The molecule has 2 atom stereocenters. The number of pyridine rings is 1. The molecule has 138 valence electrons. The van der Waals surface area contributed by atoms with Crippen LogP contribution in [0.2, 0.25) is 0 Å². The lowest BCUT2D eigenvalue weighted by molar-refractivity contribution is 0.0214. The van der Waals surface area contributed by atoms with Crippen LogP contribution in [0.5, 0.6) is 0 Å². The number of carbonyl (C=O) groups excluding carboxylic acids is 1. The van der Waals surface area contributed by atoms with E-state index in [2.05, 4.69) is 14.9 Å². The fraction of sp³-hybridized carbons (Fsp3) is 0.556. The molecule has 0 unspecified atom stereocenters. The Morgan fingerprint density at radius 2 is 2.04 bits per heavy atom. The van der Waals surface area contributed by atoms with Gasteiger partial charge in [0, 0.05) is 13.1 Å². The average Bonchev–Trinajstić information content (AvgIpc) is 3.20. The molecule has 0 spiro atoms. The van der Waals surface area contributed by atoms with E-state index in [0.717, 1.165) is 34.8 Å². The van der Waals surface area contributed by atoms with Crippen LogP contribution in [0.4, 0.5) is 10.6 Å². The van der Waals surface area contributed by atoms with E-state index in [0.29, 0.717) is 6.54 Å². The Balaban J connectivity index is 1.54. The second kappa shape index (κ2) is 6.26. The minimum Gasteiger partial charge on any atom is -0.444 e. The highest BCUT2D eigenvalue weighted by molar-refractivity contribution is 7.98. The number of anilines is 1. The van der Waals surface area contributed by atoms with Gasteiger partial charge in [-0.25, -0.2) is 19.7 Å². The molecule has 2 aromatic heterocycles. The first-order valence-corrected chi connectivity index (χ1v) is 10.0. The summed E-state index contributed by atoms with van der Waals surface area (Å²) in [4.78, 5) is 30.0. The first-order chi connectivity index (χ1) is 12.4. The highest BCUT2D eigenvalue weighted by Gasteiger charge is 2.47. The molecule has 2 aromatic rings. The van der Waals surface area contributed by atoms with E-state index in [1.54, 1.807) is 18.1 Å². The lowest BCUT2D eigenvalue weighted by Crippen LogP contribution is -2.50. The zero-order valence-electron chi connectivity index (χ0n) is 15.5. The summed E-state index contributed by atoms with van der Waals surface area (Å²) in [6.07, 6.45) is 4.31. The molecular weight excluding hydrogens is 350 g/mol. The summed E-state index contributed by atoms with van der Waals surface area (Å²) in [6.45, 7) is 7.16. The van der Waals surface area contributed by atoms with Crippen molar-refractivity contribution in [1.29, 1.82) is 0 Å². The molecule has 4 heterocycles. The third-order valence-corrected chi connectivity index (χ3v) is 5.48. The summed E-state index contributed by atoms with van der Waals surface area (Å²) in [5.41, 5.74) is 1.23. The molecule has 0 saturated carbocycles. The quantitative estimate of drug-likeness (QED) is 0.592. The minimum atomic E-state index is -0.466. The van der Waals surface area contributed by atoms with Crippen molar-refractivity contribution in [1.82, 2.24) is 19.9 Å². The lowest BCUT2D eigenvalue weighted by Gasteiger charge is -2.35. The van der Waals surface area contributed by atoms with Crippen LogP contribution in [-0.2, 0) is 4.74 Å². The van der Waals surface area contributed by atoms with Crippen LogP contribution in [0.15, 0.2) is 23.5 Å². The van der Waals surface area contributed by atoms with Gasteiger partial charge in [-0.3, -0.25) is 0 Å². The van der Waals surface area contributed by atoms with Crippen molar-refractivity contribution in [2.75, 3.05) is 24.2 Å². The molecule has 1 amide bonds. The number of piperazine rings is 1. The monoisotopic (exact) mass is 373 g/mol. The number of hydrogen-bond acceptors (Lipinski definition) is 7. The van der Waals surface area contributed by atoms with Crippen LogP contribution in [0, 0.1) is 0 Å². The molecule has 26 heavy (non-hydrogen) atoms. The first kappa shape index (κ1) is 17.3. The number of thioether (sulfide) groups is 1. The topological polar surface area (TPSA) is 71.5 Å². The Morgan fingerprint density at radius 1 is 1.23 bits per heavy atom. The number of fused-ring (bicyclic) bond motifs is 3. The summed E-state index contributed by atoms with van der Waals surface area (Å²) in [5.74, 6) is 0.930. The summed E-state index contributed by atoms with van der Waals surface area (Å²) in [5, 5.41) is 0.886. The van der Waals surface area contributed by atoms with Crippen LogP contribution in [-0.4, -0.2) is 63.0 Å². The molecule has 7 nitrogen and oxygen atoms in total. The third kappa shape index (κ3) is 3.06. The number of ether oxygens (including phenoxy) is 1. The van der Waals surface area contributed by atoms with Crippen molar-refractivity contribution in [2.45, 2.75) is 49.9 Å². The molecule has 2 aliphatic rings. The van der Waals surface area contributed by atoms with E-state index in [9.17, 15) is 4.79 Å². The van der Waals surface area contributed by atoms with Crippen molar-refractivity contribution in [2.24, 2.45) is 0 Å². The number of nitrogens with zero attached hydrogens (tertiary/aromatic N) is 5. The normalized spacial score (nSPS) is 22.3. The van der Waals surface area contributed by atoms with Gasteiger partial charge >= 0.3 is 6.09 Å². The van der Waals surface area contributed by atoms with Crippen LogP contribution < -0.4 is 4.90 Å². The molecule has 0 aliphatic carbocycles. The van der Waals surface area contributed by atoms with Gasteiger partial charge in [-0.2, -0.15) is 0 Å². The van der Waals surface area contributed by atoms with Crippen molar-refractivity contribution >= 4 is 34.7 Å². The predicted octanol–water partition coefficient (Wildman–Crippen LogP) is 2.94. The summed E-state index contributed by atoms with van der Waals surface area (Å²) >= 11 is 1.57. The largest absolute Gasteiger partial charge is 0.444 e. The van der Waals surface area contributed by atoms with E-state index >= 15 is 0 Å². The van der Waals surface area contributed by atoms with Crippen molar-refractivity contribution < 1.29 is 9.53 Å². The van der Waals surface area contributed by atoms with Crippen LogP contribution >= 0.6 is 11.8 Å². The van der Waals surface area contributed by atoms with Crippen molar-refractivity contribution in [3.05, 3.63) is 18.5 Å². The number of hydrogen-bond donors (Lipinski definition) is 0. The van der Waals surface area contributed by atoms with E-state index in [-0.39, 0.29) is 18.2 Å². The number of likely N-dealkylation sites (tertiary alicyclic amines) is 1. The fourth-order valence-corrected chi connectivity index (χ4v) is 4.20. The maximum absolute atomic E-state index is 12.4. The summed E-state index contributed by atoms with van der Waals surface area (Å²) in [6, 6.07) is 4.47. The standard InChI is InChI=1S/C18H23N5O2S/c1-18(2,3)25-17(24)23-9-11-7-12(23)8-22(11)14-6-5-13-15(21-14)16(26-4)20-10-19-13/h5-6,10-12H,7-9H2,1-4H3/t11-,12-/m0/s1. The number of aromatic nitrogens is 3. The SMILES string of the molecule is CSc1ncnc2ccc(N3C[C@@H]4C[C@H]3CN4C(=O)OC(C)(C)C)nc12. The zero-order chi connectivity index (χ0) is 18.5. The van der Waals surface area contributed by atoms with Crippen LogP contribution in [0.3, 0.4) is 0 Å². The molecular formula is C18H23N5O2S. The Kier molecular flexibility index (Phi) is 4.17. The molecule has 2 fully saturated rings. The Labute approximate surface area is 157 Å². The van der Waals surface area contributed by atoms with Crippen molar-refractivity contribution in [3.8, 4) is 0 Å². The predicted molar refractivity (Wildman–Crippen MR) is 102 cm³/mol. The molecule has 2 aliphatic heterocycles. The molecule has 2 saturated heterocycles. The second-order valence-corrected chi connectivity index (χ2v) is 8.54. The Morgan fingerprint density at radius 3 is 2.69 bits per heavy atom. The maximum atomic E-state index is 12.4. The second-order valence-electron chi connectivity index (χ2n) is 7.75. The molecule has 0 radical (unpaired) electrons. The van der Waals surface area contributed by atoms with Gasteiger partial charge in [-0.15, -0.1) is 11.8 Å². The fourth-order valence-electron chi connectivity index (χ4n) is 3.71. The van der Waals surface area contributed by atoms with E-state index in [1.165, 1.54) is 0 Å². The molecule has 2 bridgehead atoms. The minimum absolute atomic E-state index is 0.180. The van der Waals surface area contributed by atoms with Gasteiger partial charge in [0.15, 0.2) is 0 Å². The van der Waals surface area contributed by atoms with Gasteiger partial charge in [0.1, 0.15) is 28.3 Å². The highest BCUT2D eigenvalue weighted by Crippen LogP contribution is 2.35. The Bertz CT molecular complexity index is 853. The zero-order valence-corrected chi connectivity index (χ0v) is 16.3. The average molecular weight is 373 g/mol. The van der Waals surface area contributed by atoms with Gasteiger partial charge in [-0.05, 0) is 45.6 Å². The van der Waals surface area contributed by atoms with Gasteiger partial charge < -0.3 is 14.5 Å². The lowest BCUT2D eigenvalue weighted by atomic mass is 10.2. The van der Waals surface area contributed by atoms with Gasteiger partial charge in [0.05, 0.1) is 17.6 Å². The maximum Gasteiger partial charge on any atom is 0.410 e. The van der Waals surface area contributed by atoms with E-state index in [1.807, 2.05) is 44.1 Å². The first-order valence-electron chi connectivity index (χ1n) is 8.78. The third-order valence-electron chi connectivity index (χ3n) is 4.79. The van der Waals surface area contributed by atoms with Crippen LogP contribution in [0.1, 0.15) is 27.2 Å². The van der Waals surface area contributed by atoms with Gasteiger partial charge in [-0.1, -0.05) is 0 Å². The Hall–Kier alpha value is -2.09. The number of amides is 1.